The standard InChI is InChI=1S/C56H54N4.Mg/c1-30-19-34(5)49(35(6)20-30)52-47-18-17-45(59-47)28-44-14-13-42(57-44)27-43-15-16-46(58-43)29-48-53(50-36(7)21-31(2)22-37(50)8)54(51-38(9)23-32(3)24-39(51)10)56(52)60(48)55-40(11)25-33(4)26-41(55)12;/h13-29,57H,1-12H3;. The maximum atomic E-state index is 5.56. The monoisotopic (exact) mass is 806 g/mol. The first-order chi connectivity index (χ1) is 28.6. The summed E-state index contributed by atoms with van der Waals surface area (Å²) in [5.74, 6) is 0. The second-order valence-corrected chi connectivity index (χ2v) is 17.6. The molecule has 0 saturated carbocycles. The van der Waals surface area contributed by atoms with Gasteiger partial charge in [0, 0.05) is 50.8 Å². The van der Waals surface area contributed by atoms with Crippen LogP contribution in [0.15, 0.2) is 78.9 Å². The number of nitrogens with zero attached hydrogens (tertiary/aromatic N) is 3. The lowest BCUT2D eigenvalue weighted by atomic mass is 9.84. The molecule has 5 heterocycles. The van der Waals surface area contributed by atoms with Crippen LogP contribution in [0.2, 0.25) is 0 Å². The molecule has 0 atom stereocenters. The summed E-state index contributed by atoms with van der Waals surface area (Å²) >= 11 is 0. The summed E-state index contributed by atoms with van der Waals surface area (Å²) in [7, 11) is 0. The molecule has 3 aromatic heterocycles. The number of aromatic nitrogens is 4. The Kier molecular flexibility index (Phi) is 11.0. The van der Waals surface area contributed by atoms with Crippen molar-refractivity contribution in [2.75, 3.05) is 0 Å². The Morgan fingerprint density at radius 1 is 0.377 bits per heavy atom. The van der Waals surface area contributed by atoms with Crippen LogP contribution in [0, 0.1) is 83.1 Å². The van der Waals surface area contributed by atoms with Crippen LogP contribution in [0.3, 0.4) is 0 Å². The number of hydrogen-bond acceptors (Lipinski definition) is 2. The highest BCUT2D eigenvalue weighted by molar-refractivity contribution is 6.13. The van der Waals surface area contributed by atoms with E-state index in [1.165, 1.54) is 100 Å². The summed E-state index contributed by atoms with van der Waals surface area (Å²) < 4.78 is 2.60. The second kappa shape index (κ2) is 15.9. The van der Waals surface area contributed by atoms with E-state index in [0.717, 1.165) is 50.4 Å². The van der Waals surface area contributed by atoms with Crippen molar-refractivity contribution in [3.8, 4) is 39.1 Å². The van der Waals surface area contributed by atoms with Gasteiger partial charge in [0.2, 0.25) is 0 Å². The normalized spacial score (nSPS) is 12.0. The summed E-state index contributed by atoms with van der Waals surface area (Å²) in [6.07, 6.45) is 8.69. The van der Waals surface area contributed by atoms with Gasteiger partial charge in [-0.25, -0.2) is 9.97 Å². The van der Waals surface area contributed by atoms with Gasteiger partial charge >= 0.3 is 0 Å². The van der Waals surface area contributed by atoms with Gasteiger partial charge in [0.05, 0.1) is 39.5 Å². The predicted molar refractivity (Wildman–Crippen MR) is 263 cm³/mol. The minimum atomic E-state index is 0. The SMILES string of the molecule is Cc1cc(C)c(-c2c(-c3c(C)cc(C)cc3C)c3c(-c4c(C)cc(C)cc4C)c4nc(cc5ccc(cc6nc(cc2n3-c2c(C)cc(C)cc2C)C=C6)[nH]5)C=C4)c(C)c1.[Mg]. The third-order valence-electron chi connectivity index (χ3n) is 12.3. The fourth-order valence-corrected chi connectivity index (χ4v) is 10.5. The lowest BCUT2D eigenvalue weighted by Gasteiger charge is -2.21. The van der Waals surface area contributed by atoms with Crippen LogP contribution in [0.5, 0.6) is 0 Å². The average Bonchev–Trinajstić information content (AvgIpc) is 3.95. The van der Waals surface area contributed by atoms with E-state index >= 15 is 0 Å². The van der Waals surface area contributed by atoms with Crippen molar-refractivity contribution in [3.05, 3.63) is 168 Å². The molecule has 300 valence electrons. The largest absolute Gasteiger partial charge is 0.355 e. The summed E-state index contributed by atoms with van der Waals surface area (Å²) in [6.45, 7) is 27.0. The van der Waals surface area contributed by atoms with Crippen molar-refractivity contribution in [1.82, 2.24) is 19.5 Å². The zero-order chi connectivity index (χ0) is 42.3. The molecule has 2 radical (unpaired) electrons. The average molecular weight is 807 g/mol. The molecule has 0 amide bonds. The number of aryl methyl sites for hydroxylation is 12. The number of H-pyrrole nitrogens is 1. The highest BCUT2D eigenvalue weighted by atomic mass is 24.3. The molecule has 1 N–H and O–H groups in total. The number of aromatic amines is 1. The van der Waals surface area contributed by atoms with Gasteiger partial charge in [0.15, 0.2) is 0 Å². The van der Waals surface area contributed by atoms with Gasteiger partial charge in [-0.05, 0) is 199 Å². The summed E-state index contributed by atoms with van der Waals surface area (Å²) in [6, 6.07) is 29.6. The smallest absolute Gasteiger partial charge is 0.0737 e. The zero-order valence-corrected chi connectivity index (χ0v) is 39.3. The lowest BCUT2D eigenvalue weighted by molar-refractivity contribution is 1.11. The first kappa shape index (κ1) is 42.0. The Morgan fingerprint density at radius 2 is 0.754 bits per heavy atom. The lowest BCUT2D eigenvalue weighted by Crippen LogP contribution is -2.04. The molecule has 9 rings (SSSR count). The third kappa shape index (κ3) is 7.42. The third-order valence-corrected chi connectivity index (χ3v) is 12.3. The van der Waals surface area contributed by atoms with Crippen molar-refractivity contribution < 1.29 is 0 Å². The van der Waals surface area contributed by atoms with Crippen LogP contribution in [0.25, 0.3) is 85.4 Å². The molecule has 0 aliphatic carbocycles. The van der Waals surface area contributed by atoms with Gasteiger partial charge in [0.25, 0.3) is 0 Å². The zero-order valence-electron chi connectivity index (χ0n) is 37.9. The van der Waals surface area contributed by atoms with E-state index in [1.54, 1.807) is 0 Å². The van der Waals surface area contributed by atoms with Crippen molar-refractivity contribution in [2.45, 2.75) is 83.1 Å². The molecule has 0 saturated heterocycles. The Labute approximate surface area is 377 Å². The second-order valence-electron chi connectivity index (χ2n) is 17.6. The molecule has 8 bridgehead atoms. The quantitative estimate of drug-likeness (QED) is 0.180. The first-order valence-corrected chi connectivity index (χ1v) is 21.1. The van der Waals surface area contributed by atoms with E-state index in [9.17, 15) is 0 Å². The van der Waals surface area contributed by atoms with E-state index < -0.39 is 0 Å². The molecule has 2 aliphatic heterocycles. The number of benzene rings is 4. The Balaban J connectivity index is 0.00000514. The van der Waals surface area contributed by atoms with Gasteiger partial charge in [-0.3, -0.25) is 0 Å². The van der Waals surface area contributed by atoms with E-state index in [-0.39, 0.29) is 23.1 Å². The predicted octanol–water partition coefficient (Wildman–Crippen LogP) is 14.4. The molecule has 4 aromatic carbocycles. The van der Waals surface area contributed by atoms with Crippen molar-refractivity contribution in [2.24, 2.45) is 0 Å². The van der Waals surface area contributed by atoms with Crippen molar-refractivity contribution in [3.63, 3.8) is 0 Å². The van der Waals surface area contributed by atoms with Gasteiger partial charge in [-0.2, -0.15) is 0 Å². The van der Waals surface area contributed by atoms with Crippen molar-refractivity contribution in [1.29, 1.82) is 0 Å². The number of fused-ring (bicyclic) bond motifs is 8. The number of nitrogens with one attached hydrogen (secondary N) is 1. The summed E-state index contributed by atoms with van der Waals surface area (Å²) in [4.78, 5) is 14.4. The minimum Gasteiger partial charge on any atom is -0.355 e. The first-order valence-electron chi connectivity index (χ1n) is 21.1. The van der Waals surface area contributed by atoms with E-state index in [1.807, 2.05) is 0 Å². The van der Waals surface area contributed by atoms with E-state index in [4.69, 9.17) is 9.97 Å². The summed E-state index contributed by atoms with van der Waals surface area (Å²) in [5.41, 5.74) is 31.2. The van der Waals surface area contributed by atoms with Gasteiger partial charge in [-0.1, -0.05) is 70.8 Å². The fourth-order valence-electron chi connectivity index (χ4n) is 10.5. The maximum absolute atomic E-state index is 5.56. The molecule has 7 aromatic rings. The van der Waals surface area contributed by atoms with Crippen LogP contribution in [-0.4, -0.2) is 42.6 Å². The van der Waals surface area contributed by atoms with Gasteiger partial charge in [-0.15, -0.1) is 0 Å². The van der Waals surface area contributed by atoms with Gasteiger partial charge < -0.3 is 9.55 Å². The van der Waals surface area contributed by atoms with E-state index in [0.29, 0.717) is 0 Å². The highest BCUT2D eigenvalue weighted by Crippen LogP contribution is 2.51. The molecular formula is C56H54MgN4. The Bertz CT molecular complexity index is 3130. The molecule has 61 heavy (non-hydrogen) atoms. The highest BCUT2D eigenvalue weighted by Gasteiger charge is 2.30. The molecule has 0 fully saturated rings. The van der Waals surface area contributed by atoms with Crippen LogP contribution >= 0.6 is 0 Å². The van der Waals surface area contributed by atoms with E-state index in [2.05, 4.69) is 196 Å². The van der Waals surface area contributed by atoms with Gasteiger partial charge in [0.1, 0.15) is 0 Å². The Morgan fingerprint density at radius 3 is 1.23 bits per heavy atom. The Hall–Kier alpha value is -5.75. The molecule has 4 nitrogen and oxygen atoms in total. The molecule has 0 spiro atoms. The molecule has 0 unspecified atom stereocenters. The van der Waals surface area contributed by atoms with Crippen molar-refractivity contribution >= 4 is 69.4 Å². The molecule has 2 aliphatic rings. The minimum absolute atomic E-state index is 0. The maximum Gasteiger partial charge on any atom is 0.0737 e. The fraction of sp³-hybridized carbons (Fsp3) is 0.214. The molecule has 5 heteroatoms. The number of rotatable bonds is 4. The summed E-state index contributed by atoms with van der Waals surface area (Å²) in [5, 5.41) is 0. The van der Waals surface area contributed by atoms with Crippen LogP contribution < -0.4 is 0 Å². The van der Waals surface area contributed by atoms with Crippen LogP contribution in [-0.2, 0) is 0 Å². The number of hydrogen-bond donors (Lipinski definition) is 1. The topological polar surface area (TPSA) is 46.5 Å². The van der Waals surface area contributed by atoms with Crippen LogP contribution in [0.4, 0.5) is 0 Å². The van der Waals surface area contributed by atoms with Crippen LogP contribution in [0.1, 0.15) is 89.5 Å². The molecular weight excluding hydrogens is 753 g/mol.